The summed E-state index contributed by atoms with van der Waals surface area (Å²) in [5.74, 6) is -1.34. The summed E-state index contributed by atoms with van der Waals surface area (Å²) in [6.07, 6.45) is 4.47. The van der Waals surface area contributed by atoms with Crippen LogP contribution in [0.25, 0.3) is 22.5 Å². The predicted molar refractivity (Wildman–Crippen MR) is 212 cm³/mol. The number of benzene rings is 3. The smallest absolute Gasteiger partial charge is 0.439 e. The zero-order valence-corrected chi connectivity index (χ0v) is 33.2. The van der Waals surface area contributed by atoms with Crippen LogP contribution in [-0.4, -0.2) is 65.9 Å². The molecule has 2 heterocycles. The lowest BCUT2D eigenvalue weighted by atomic mass is 9.77. The predicted octanol–water partition coefficient (Wildman–Crippen LogP) is 6.88. The molecule has 1 aromatic heterocycles. The zero-order valence-electron chi connectivity index (χ0n) is 32.4. The largest absolute Gasteiger partial charge is 0.444 e. The number of alkyl carbamates (subject to hydrolysis) is 1. The molecule has 6 rings (SSSR count). The second kappa shape index (κ2) is 17.4. The fourth-order valence-electron chi connectivity index (χ4n) is 7.51. The fraction of sp³-hybridized carbons (Fsp3) is 0.452. The number of aryl methyl sites for hydroxylation is 1. The summed E-state index contributed by atoms with van der Waals surface area (Å²) in [7, 11) is -3.62. The summed E-state index contributed by atoms with van der Waals surface area (Å²) in [6.45, 7) is 8.91. The Morgan fingerprint density at radius 3 is 2.34 bits per heavy atom. The van der Waals surface area contributed by atoms with Gasteiger partial charge in [0, 0.05) is 49.1 Å². The van der Waals surface area contributed by atoms with Gasteiger partial charge in [0.15, 0.2) is 5.82 Å². The molecule has 0 radical (unpaired) electrons. The minimum absolute atomic E-state index is 0.0286. The number of carbonyl (C=O) groups excluding carboxylic acids is 3. The molecule has 13 nitrogen and oxygen atoms in total. The first-order valence-electron chi connectivity index (χ1n) is 19.3. The Morgan fingerprint density at radius 1 is 0.964 bits per heavy atom. The molecule has 1 saturated carbocycles. The number of rotatable bonds is 13. The number of sulfonamides is 1. The van der Waals surface area contributed by atoms with Crippen LogP contribution in [0.5, 0.6) is 0 Å². The first-order chi connectivity index (χ1) is 26.6. The van der Waals surface area contributed by atoms with E-state index < -0.39 is 33.4 Å². The van der Waals surface area contributed by atoms with Gasteiger partial charge >= 0.3 is 11.8 Å². The van der Waals surface area contributed by atoms with Crippen molar-refractivity contribution in [1.29, 1.82) is 0 Å². The molecule has 1 saturated heterocycles. The van der Waals surface area contributed by atoms with Gasteiger partial charge in [0.1, 0.15) is 11.4 Å². The van der Waals surface area contributed by atoms with Gasteiger partial charge in [-0.2, -0.15) is 4.31 Å². The highest BCUT2D eigenvalue weighted by Crippen LogP contribution is 2.33. The standard InChI is InChI=1S/C42H51N5O8S/c1-27-10-19-35(56(52,53)47-20-5-6-21-47)25-36(27)32-9-7-8-29(22-32)23-33(39(49)44-34-17-15-31(16-18-34)38-45-41(51)55-46-38)24-37(48)30-13-11-28(12-14-30)26-43-40(50)54-42(2,3)4/h7-10,15-19,22,25,28,30,33H,5-6,11-14,20-21,23-24,26H2,1-4H3,(H,43,50)(H,44,49)(H,45,46,51)/t28?,30?,33-/m1/s1. The molecule has 0 spiro atoms. The molecule has 14 heteroatoms. The lowest BCUT2D eigenvalue weighted by molar-refractivity contribution is -0.129. The summed E-state index contributed by atoms with van der Waals surface area (Å²) in [5.41, 5.74) is 3.90. The van der Waals surface area contributed by atoms with Gasteiger partial charge in [0.05, 0.1) is 4.90 Å². The third-order valence-electron chi connectivity index (χ3n) is 10.6. The maximum Gasteiger partial charge on any atom is 0.439 e. The van der Waals surface area contributed by atoms with Gasteiger partial charge in [-0.3, -0.25) is 19.1 Å². The molecule has 1 aliphatic carbocycles. The molecule has 1 atom stereocenters. The van der Waals surface area contributed by atoms with Crippen molar-refractivity contribution in [1.82, 2.24) is 19.8 Å². The third-order valence-corrected chi connectivity index (χ3v) is 12.4. The first kappa shape index (κ1) is 40.6. The maximum absolute atomic E-state index is 14.0. The fourth-order valence-corrected chi connectivity index (χ4v) is 9.05. The molecular formula is C42H51N5O8S. The number of H-pyrrole nitrogens is 1. The molecule has 2 amide bonds. The Bertz CT molecular complexity index is 2190. The normalized spacial score (nSPS) is 18.3. The molecule has 0 bridgehead atoms. The molecule has 2 fully saturated rings. The molecule has 56 heavy (non-hydrogen) atoms. The topological polar surface area (TPSA) is 181 Å². The second-order valence-electron chi connectivity index (χ2n) is 16.0. The average molecular weight is 786 g/mol. The van der Waals surface area contributed by atoms with Crippen LogP contribution in [0.4, 0.5) is 10.5 Å². The van der Waals surface area contributed by atoms with Crippen molar-refractivity contribution in [2.75, 3.05) is 25.0 Å². The van der Waals surface area contributed by atoms with Gasteiger partial charge in [0.2, 0.25) is 15.9 Å². The monoisotopic (exact) mass is 785 g/mol. The average Bonchev–Trinajstić information content (AvgIpc) is 3.87. The minimum Gasteiger partial charge on any atom is -0.444 e. The highest BCUT2D eigenvalue weighted by Gasteiger charge is 2.31. The Kier molecular flexibility index (Phi) is 12.6. The van der Waals surface area contributed by atoms with E-state index in [0.717, 1.165) is 47.9 Å². The molecule has 1 aliphatic heterocycles. The minimum atomic E-state index is -3.62. The molecule has 0 unspecified atom stereocenters. The number of anilines is 1. The van der Waals surface area contributed by atoms with E-state index in [1.54, 1.807) is 36.4 Å². The second-order valence-corrected chi connectivity index (χ2v) is 17.9. The van der Waals surface area contributed by atoms with E-state index in [9.17, 15) is 27.6 Å². The Hall–Kier alpha value is -5.08. The van der Waals surface area contributed by atoms with Crippen molar-refractivity contribution in [3.05, 3.63) is 88.4 Å². The van der Waals surface area contributed by atoms with Crippen LogP contribution in [0.2, 0.25) is 0 Å². The number of aromatic nitrogens is 2. The van der Waals surface area contributed by atoms with E-state index in [-0.39, 0.29) is 47.1 Å². The maximum atomic E-state index is 14.0. The zero-order chi connectivity index (χ0) is 40.0. The number of aromatic amines is 1. The highest BCUT2D eigenvalue weighted by molar-refractivity contribution is 7.89. The number of Topliss-reactive ketones (excluding diaryl/α,β-unsaturated/α-hetero) is 1. The number of amides is 2. The van der Waals surface area contributed by atoms with Crippen molar-refractivity contribution in [2.24, 2.45) is 17.8 Å². The van der Waals surface area contributed by atoms with Crippen molar-refractivity contribution >= 4 is 33.5 Å². The van der Waals surface area contributed by atoms with Crippen LogP contribution in [-0.2, 0) is 30.8 Å². The van der Waals surface area contributed by atoms with Gasteiger partial charge < -0.3 is 15.4 Å². The lowest BCUT2D eigenvalue weighted by Gasteiger charge is -2.29. The Balaban J connectivity index is 1.18. The summed E-state index contributed by atoms with van der Waals surface area (Å²) < 4.78 is 38.3. The molecular weight excluding hydrogens is 735 g/mol. The number of nitrogens with one attached hydrogen (secondary N) is 3. The van der Waals surface area contributed by atoms with Gasteiger partial charge in [0.25, 0.3) is 0 Å². The molecule has 3 N–H and O–H groups in total. The third kappa shape index (κ3) is 10.4. The molecule has 2 aliphatic rings. The summed E-state index contributed by atoms with van der Waals surface area (Å²) in [5, 5.41) is 9.54. The van der Waals surface area contributed by atoms with E-state index in [1.807, 2.05) is 58.0 Å². The van der Waals surface area contributed by atoms with Crippen LogP contribution < -0.4 is 16.4 Å². The van der Waals surface area contributed by atoms with E-state index >= 15 is 0 Å². The number of hydrogen-bond donors (Lipinski definition) is 3. The number of hydrogen-bond acceptors (Lipinski definition) is 9. The van der Waals surface area contributed by atoms with E-state index in [4.69, 9.17) is 4.74 Å². The molecule has 3 aromatic carbocycles. The van der Waals surface area contributed by atoms with Crippen molar-refractivity contribution < 1.29 is 32.1 Å². The van der Waals surface area contributed by atoms with Crippen LogP contribution in [0.3, 0.4) is 0 Å². The van der Waals surface area contributed by atoms with Crippen molar-refractivity contribution in [2.45, 2.75) is 89.6 Å². The Labute approximate surface area is 327 Å². The van der Waals surface area contributed by atoms with Crippen LogP contribution in [0.1, 0.15) is 76.8 Å². The first-order valence-corrected chi connectivity index (χ1v) is 20.8. The quantitative estimate of drug-likeness (QED) is 0.130. The van der Waals surface area contributed by atoms with E-state index in [0.29, 0.717) is 43.7 Å². The lowest BCUT2D eigenvalue weighted by Crippen LogP contribution is -2.37. The SMILES string of the molecule is Cc1ccc(S(=O)(=O)N2CCCC2)cc1-c1cccc(C[C@H](CC(=O)C2CCC(CNC(=O)OC(C)(C)C)CC2)C(=O)Nc2ccc(-c3noc(=O)[nH]3)cc2)c1. The van der Waals surface area contributed by atoms with Gasteiger partial charge in [-0.05, 0) is 137 Å². The number of ketones is 1. The number of nitrogens with zero attached hydrogens (tertiary/aromatic N) is 2. The van der Waals surface area contributed by atoms with E-state index in [2.05, 4.69) is 25.3 Å². The molecule has 4 aromatic rings. The van der Waals surface area contributed by atoms with Crippen molar-refractivity contribution in [3.8, 4) is 22.5 Å². The summed E-state index contributed by atoms with van der Waals surface area (Å²) in [4.78, 5) is 54.3. The Morgan fingerprint density at radius 2 is 1.68 bits per heavy atom. The van der Waals surface area contributed by atoms with Gasteiger partial charge in [-0.25, -0.2) is 18.0 Å². The number of ether oxygens (including phenoxy) is 1. The summed E-state index contributed by atoms with van der Waals surface area (Å²) in [6, 6.07) is 19.7. The van der Waals surface area contributed by atoms with Crippen LogP contribution in [0.15, 0.2) is 80.9 Å². The summed E-state index contributed by atoms with van der Waals surface area (Å²) >= 11 is 0. The van der Waals surface area contributed by atoms with Crippen molar-refractivity contribution in [3.63, 3.8) is 0 Å². The van der Waals surface area contributed by atoms with Crippen LogP contribution >= 0.6 is 0 Å². The van der Waals surface area contributed by atoms with Gasteiger partial charge in [-0.1, -0.05) is 35.5 Å². The van der Waals surface area contributed by atoms with Crippen LogP contribution in [0, 0.1) is 24.7 Å². The van der Waals surface area contributed by atoms with Gasteiger partial charge in [-0.15, -0.1) is 0 Å². The van der Waals surface area contributed by atoms with E-state index in [1.165, 1.54) is 4.31 Å². The number of carbonyl (C=O) groups is 3. The highest BCUT2D eigenvalue weighted by atomic mass is 32.2. The molecule has 298 valence electrons.